The minimum absolute atomic E-state index is 0.158. The van der Waals surface area contributed by atoms with Crippen LogP contribution < -0.4 is 5.32 Å². The Balaban J connectivity index is 2.12. The highest BCUT2D eigenvalue weighted by molar-refractivity contribution is 7.09. The van der Waals surface area contributed by atoms with E-state index in [1.807, 2.05) is 6.92 Å². The largest absolute Gasteiger partial charge is 0.481 e. The molecule has 0 bridgehead atoms. The van der Waals surface area contributed by atoms with E-state index in [2.05, 4.69) is 14.7 Å². The predicted molar refractivity (Wildman–Crippen MR) is 66.3 cm³/mol. The SMILES string of the molecule is Cc1nsc(NC2(CC(=O)O)CCCCC2)n1. The molecule has 1 aliphatic rings. The molecule has 2 N–H and O–H groups in total. The minimum Gasteiger partial charge on any atom is -0.481 e. The maximum absolute atomic E-state index is 11.0. The number of anilines is 1. The summed E-state index contributed by atoms with van der Waals surface area (Å²) in [5, 5.41) is 13.1. The topological polar surface area (TPSA) is 75.1 Å². The van der Waals surface area contributed by atoms with Crippen LogP contribution in [0.5, 0.6) is 0 Å². The molecule has 0 unspecified atom stereocenters. The molecule has 1 aliphatic carbocycles. The molecule has 0 saturated heterocycles. The number of carbonyl (C=O) groups is 1. The Hall–Kier alpha value is -1.17. The molecule has 1 fully saturated rings. The third-order valence-electron chi connectivity index (χ3n) is 3.20. The summed E-state index contributed by atoms with van der Waals surface area (Å²) >= 11 is 1.30. The first-order chi connectivity index (χ1) is 8.10. The number of hydrogen-bond acceptors (Lipinski definition) is 5. The maximum atomic E-state index is 11.0. The molecule has 1 saturated carbocycles. The Kier molecular flexibility index (Phi) is 3.61. The average Bonchev–Trinajstić information content (AvgIpc) is 2.63. The van der Waals surface area contributed by atoms with Gasteiger partial charge in [0.25, 0.3) is 0 Å². The number of nitrogens with one attached hydrogen (secondary N) is 1. The zero-order valence-corrected chi connectivity index (χ0v) is 10.7. The van der Waals surface area contributed by atoms with Crippen molar-refractivity contribution in [2.45, 2.75) is 51.0 Å². The van der Waals surface area contributed by atoms with Crippen LogP contribution in [0.25, 0.3) is 0 Å². The molecule has 2 rings (SSSR count). The highest BCUT2D eigenvalue weighted by Crippen LogP contribution is 2.34. The molecular formula is C11H17N3O2S. The van der Waals surface area contributed by atoms with Gasteiger partial charge in [0.2, 0.25) is 5.13 Å². The Morgan fingerprint density at radius 3 is 2.71 bits per heavy atom. The molecule has 0 spiro atoms. The Morgan fingerprint density at radius 1 is 1.47 bits per heavy atom. The Bertz CT molecular complexity index is 399. The molecule has 17 heavy (non-hydrogen) atoms. The smallest absolute Gasteiger partial charge is 0.305 e. The molecule has 0 aliphatic heterocycles. The monoisotopic (exact) mass is 255 g/mol. The third kappa shape index (κ3) is 3.15. The number of aliphatic carboxylic acids is 1. The molecule has 94 valence electrons. The fraction of sp³-hybridized carbons (Fsp3) is 0.727. The molecule has 6 heteroatoms. The van der Waals surface area contributed by atoms with Crippen LogP contribution in [0, 0.1) is 6.92 Å². The van der Waals surface area contributed by atoms with E-state index in [0.717, 1.165) is 36.6 Å². The Labute approximate surface area is 104 Å². The van der Waals surface area contributed by atoms with Crippen LogP contribution in [0.4, 0.5) is 5.13 Å². The standard InChI is InChI=1S/C11H17N3O2S/c1-8-12-10(17-14-8)13-11(7-9(15)16)5-3-2-4-6-11/h2-7H2,1H3,(H,15,16)(H,12,13,14). The van der Waals surface area contributed by atoms with Crippen LogP contribution in [0.3, 0.4) is 0 Å². The van der Waals surface area contributed by atoms with Crippen LogP contribution in [-0.2, 0) is 4.79 Å². The van der Waals surface area contributed by atoms with Gasteiger partial charge < -0.3 is 10.4 Å². The van der Waals surface area contributed by atoms with Crippen LogP contribution in [0.15, 0.2) is 0 Å². The van der Waals surface area contributed by atoms with Crippen LogP contribution >= 0.6 is 11.5 Å². The maximum Gasteiger partial charge on any atom is 0.305 e. The van der Waals surface area contributed by atoms with Crippen molar-refractivity contribution in [1.82, 2.24) is 9.36 Å². The van der Waals surface area contributed by atoms with Crippen molar-refractivity contribution < 1.29 is 9.90 Å². The summed E-state index contributed by atoms with van der Waals surface area (Å²) in [6.07, 6.45) is 5.32. The van der Waals surface area contributed by atoms with Gasteiger partial charge >= 0.3 is 5.97 Å². The number of aromatic nitrogens is 2. The lowest BCUT2D eigenvalue weighted by Crippen LogP contribution is -2.42. The van der Waals surface area contributed by atoms with Gasteiger partial charge in [-0.2, -0.15) is 4.37 Å². The van der Waals surface area contributed by atoms with Crippen molar-refractivity contribution in [3.8, 4) is 0 Å². The van der Waals surface area contributed by atoms with Crippen molar-refractivity contribution >= 4 is 22.6 Å². The highest BCUT2D eigenvalue weighted by atomic mass is 32.1. The fourth-order valence-electron chi connectivity index (χ4n) is 2.44. The molecule has 0 amide bonds. The lowest BCUT2D eigenvalue weighted by molar-refractivity contribution is -0.138. The van der Waals surface area contributed by atoms with Gasteiger partial charge in [-0.3, -0.25) is 4.79 Å². The van der Waals surface area contributed by atoms with E-state index < -0.39 is 5.97 Å². The van der Waals surface area contributed by atoms with Gasteiger partial charge in [0.15, 0.2) is 0 Å². The van der Waals surface area contributed by atoms with Gasteiger partial charge in [0.1, 0.15) is 5.82 Å². The zero-order valence-electron chi connectivity index (χ0n) is 9.90. The minimum atomic E-state index is -0.749. The molecule has 0 radical (unpaired) electrons. The first-order valence-corrected chi connectivity index (χ1v) is 6.67. The number of rotatable bonds is 4. The second-order valence-corrected chi connectivity index (χ2v) is 5.44. The summed E-state index contributed by atoms with van der Waals surface area (Å²) in [7, 11) is 0. The molecule has 0 atom stereocenters. The summed E-state index contributed by atoms with van der Waals surface area (Å²) in [5.74, 6) is -0.0144. The molecule has 5 nitrogen and oxygen atoms in total. The van der Waals surface area contributed by atoms with Gasteiger partial charge in [-0.15, -0.1) is 0 Å². The van der Waals surface area contributed by atoms with Gasteiger partial charge in [0, 0.05) is 11.5 Å². The van der Waals surface area contributed by atoms with E-state index in [0.29, 0.717) is 0 Å². The molecule has 1 aromatic rings. The summed E-state index contributed by atoms with van der Waals surface area (Å²) < 4.78 is 4.11. The van der Waals surface area contributed by atoms with Crippen molar-refractivity contribution in [2.75, 3.05) is 5.32 Å². The summed E-state index contributed by atoms with van der Waals surface area (Å²) in [6, 6.07) is 0. The van der Waals surface area contributed by atoms with Gasteiger partial charge in [-0.1, -0.05) is 19.3 Å². The van der Waals surface area contributed by atoms with Gasteiger partial charge in [-0.25, -0.2) is 4.98 Å². The van der Waals surface area contributed by atoms with Gasteiger partial charge in [-0.05, 0) is 19.8 Å². The third-order valence-corrected chi connectivity index (χ3v) is 3.92. The van der Waals surface area contributed by atoms with E-state index in [4.69, 9.17) is 5.11 Å². The normalized spacial score (nSPS) is 18.9. The van der Waals surface area contributed by atoms with Crippen molar-refractivity contribution in [3.63, 3.8) is 0 Å². The van der Waals surface area contributed by atoms with Crippen LogP contribution in [0.1, 0.15) is 44.3 Å². The van der Waals surface area contributed by atoms with E-state index in [1.54, 1.807) is 0 Å². The van der Waals surface area contributed by atoms with E-state index >= 15 is 0 Å². The average molecular weight is 255 g/mol. The molecular weight excluding hydrogens is 238 g/mol. The zero-order chi connectivity index (χ0) is 12.3. The highest BCUT2D eigenvalue weighted by Gasteiger charge is 2.35. The molecule has 1 heterocycles. The predicted octanol–water partition coefficient (Wildman–Crippen LogP) is 2.44. The second-order valence-electron chi connectivity index (χ2n) is 4.68. The summed E-state index contributed by atoms with van der Waals surface area (Å²) in [4.78, 5) is 15.3. The molecule has 1 aromatic heterocycles. The fourth-order valence-corrected chi connectivity index (χ4v) is 3.13. The number of carboxylic acids is 1. The van der Waals surface area contributed by atoms with E-state index in [1.165, 1.54) is 18.0 Å². The molecule has 0 aromatic carbocycles. The van der Waals surface area contributed by atoms with E-state index in [9.17, 15) is 4.79 Å². The lowest BCUT2D eigenvalue weighted by atomic mass is 9.79. The van der Waals surface area contributed by atoms with Crippen molar-refractivity contribution in [2.24, 2.45) is 0 Å². The van der Waals surface area contributed by atoms with E-state index in [-0.39, 0.29) is 12.0 Å². The van der Waals surface area contributed by atoms with Gasteiger partial charge in [0.05, 0.1) is 12.0 Å². The number of carboxylic acid groups (broad SMARTS) is 1. The number of hydrogen-bond donors (Lipinski definition) is 2. The lowest BCUT2D eigenvalue weighted by Gasteiger charge is -2.36. The second kappa shape index (κ2) is 5.00. The van der Waals surface area contributed by atoms with Crippen molar-refractivity contribution in [1.29, 1.82) is 0 Å². The summed E-state index contributed by atoms with van der Waals surface area (Å²) in [5.41, 5.74) is -0.323. The number of aryl methyl sites for hydroxylation is 1. The van der Waals surface area contributed by atoms with Crippen LogP contribution in [0.2, 0.25) is 0 Å². The number of nitrogens with zero attached hydrogens (tertiary/aromatic N) is 2. The summed E-state index contributed by atoms with van der Waals surface area (Å²) in [6.45, 7) is 1.84. The quantitative estimate of drug-likeness (QED) is 0.864. The Morgan fingerprint density at radius 2 is 2.18 bits per heavy atom. The first kappa shape index (κ1) is 12.3. The van der Waals surface area contributed by atoms with Crippen molar-refractivity contribution in [3.05, 3.63) is 5.82 Å². The van der Waals surface area contributed by atoms with Crippen LogP contribution in [-0.4, -0.2) is 26.0 Å². The first-order valence-electron chi connectivity index (χ1n) is 5.90.